The van der Waals surface area contributed by atoms with Crippen LogP contribution in [0.1, 0.15) is 33.1 Å². The molecule has 0 aromatic carbocycles. The SMILES string of the molecule is CC1CN(S(=O)(=O)N2CCC(CC(=O)O)CC2)CC(C)O1. The second-order valence-electron chi connectivity index (χ2n) is 6.02. The van der Waals surface area contributed by atoms with Gasteiger partial charge in [-0.15, -0.1) is 0 Å². The van der Waals surface area contributed by atoms with Gasteiger partial charge in [0.05, 0.1) is 12.2 Å². The van der Waals surface area contributed by atoms with Crippen LogP contribution in [0.5, 0.6) is 0 Å². The predicted molar refractivity (Wildman–Crippen MR) is 77.1 cm³/mol. The van der Waals surface area contributed by atoms with Crippen molar-refractivity contribution < 1.29 is 23.1 Å². The Hall–Kier alpha value is -0.700. The molecule has 0 bridgehead atoms. The molecule has 2 atom stereocenters. The van der Waals surface area contributed by atoms with E-state index in [4.69, 9.17) is 9.84 Å². The van der Waals surface area contributed by atoms with Gasteiger partial charge in [-0.05, 0) is 32.6 Å². The quantitative estimate of drug-likeness (QED) is 0.816. The van der Waals surface area contributed by atoms with Gasteiger partial charge in [0.25, 0.3) is 10.2 Å². The fourth-order valence-corrected chi connectivity index (χ4v) is 4.87. The summed E-state index contributed by atoms with van der Waals surface area (Å²) in [6.45, 7) is 5.30. The molecule has 21 heavy (non-hydrogen) atoms. The minimum atomic E-state index is -3.46. The highest BCUT2D eigenvalue weighted by molar-refractivity contribution is 7.86. The standard InChI is InChI=1S/C13H24N2O5S/c1-10-8-15(9-11(2)20-10)21(18,19)14-5-3-12(4-6-14)7-13(16)17/h10-12H,3-9H2,1-2H3,(H,16,17). The molecular formula is C13H24N2O5S. The summed E-state index contributed by atoms with van der Waals surface area (Å²) in [5.74, 6) is -0.733. The lowest BCUT2D eigenvalue weighted by Crippen LogP contribution is -2.54. The first kappa shape index (κ1) is 16.7. The second-order valence-corrected chi connectivity index (χ2v) is 7.95. The van der Waals surface area contributed by atoms with E-state index in [2.05, 4.69) is 0 Å². The normalized spacial score (nSPS) is 30.4. The second kappa shape index (κ2) is 6.60. The highest BCUT2D eigenvalue weighted by atomic mass is 32.2. The average Bonchev–Trinajstić information content (AvgIpc) is 2.37. The van der Waals surface area contributed by atoms with Crippen LogP contribution in [0.25, 0.3) is 0 Å². The molecule has 2 unspecified atom stereocenters. The van der Waals surface area contributed by atoms with E-state index in [1.807, 2.05) is 13.8 Å². The van der Waals surface area contributed by atoms with E-state index in [1.54, 1.807) is 0 Å². The summed E-state index contributed by atoms with van der Waals surface area (Å²) >= 11 is 0. The zero-order valence-corrected chi connectivity index (χ0v) is 13.4. The number of morpholine rings is 1. The summed E-state index contributed by atoms with van der Waals surface area (Å²) < 4.78 is 33.8. The van der Waals surface area contributed by atoms with Crippen LogP contribution >= 0.6 is 0 Å². The van der Waals surface area contributed by atoms with Crippen LogP contribution in [0, 0.1) is 5.92 Å². The molecule has 0 saturated carbocycles. The molecule has 2 rings (SSSR count). The number of carboxylic acid groups (broad SMARTS) is 1. The summed E-state index contributed by atoms with van der Waals surface area (Å²) in [6.07, 6.45) is 1.14. The van der Waals surface area contributed by atoms with Crippen LogP contribution in [-0.4, -0.2) is 66.5 Å². The van der Waals surface area contributed by atoms with Crippen molar-refractivity contribution in [3.63, 3.8) is 0 Å². The molecule has 0 radical (unpaired) electrons. The summed E-state index contributed by atoms with van der Waals surface area (Å²) in [7, 11) is -3.46. The van der Waals surface area contributed by atoms with Gasteiger partial charge in [-0.3, -0.25) is 4.79 Å². The van der Waals surface area contributed by atoms with Gasteiger partial charge in [-0.25, -0.2) is 0 Å². The Kier molecular flexibility index (Phi) is 5.24. The Morgan fingerprint density at radius 2 is 1.67 bits per heavy atom. The highest BCUT2D eigenvalue weighted by Crippen LogP contribution is 2.25. The molecule has 2 aliphatic heterocycles. The van der Waals surface area contributed by atoms with Crippen molar-refractivity contribution in [2.24, 2.45) is 5.92 Å². The van der Waals surface area contributed by atoms with Crippen molar-refractivity contribution in [3.05, 3.63) is 0 Å². The van der Waals surface area contributed by atoms with Crippen LogP contribution in [0.3, 0.4) is 0 Å². The molecule has 2 fully saturated rings. The minimum Gasteiger partial charge on any atom is -0.481 e. The van der Waals surface area contributed by atoms with Gasteiger partial charge in [-0.2, -0.15) is 17.0 Å². The fraction of sp³-hybridized carbons (Fsp3) is 0.923. The topological polar surface area (TPSA) is 87.2 Å². The number of carbonyl (C=O) groups is 1. The number of aliphatic carboxylic acids is 1. The number of nitrogens with zero attached hydrogens (tertiary/aromatic N) is 2. The van der Waals surface area contributed by atoms with E-state index in [0.29, 0.717) is 39.0 Å². The molecule has 0 aromatic heterocycles. The van der Waals surface area contributed by atoms with E-state index in [0.717, 1.165) is 0 Å². The third kappa shape index (κ3) is 4.15. The lowest BCUT2D eigenvalue weighted by molar-refractivity contribution is -0.138. The Morgan fingerprint density at radius 1 is 1.14 bits per heavy atom. The first-order valence-electron chi connectivity index (χ1n) is 7.41. The number of hydrogen-bond acceptors (Lipinski definition) is 4. The summed E-state index contributed by atoms with van der Waals surface area (Å²) in [6, 6.07) is 0. The van der Waals surface area contributed by atoms with Gasteiger partial charge in [0.1, 0.15) is 0 Å². The van der Waals surface area contributed by atoms with Gasteiger partial charge in [0, 0.05) is 32.6 Å². The lowest BCUT2D eigenvalue weighted by atomic mass is 9.95. The molecule has 0 aromatic rings. The molecule has 2 aliphatic rings. The van der Waals surface area contributed by atoms with Crippen molar-refractivity contribution in [2.75, 3.05) is 26.2 Å². The average molecular weight is 320 g/mol. The third-order valence-corrected chi connectivity index (χ3v) is 6.04. The molecule has 8 heteroatoms. The van der Waals surface area contributed by atoms with Crippen molar-refractivity contribution >= 4 is 16.2 Å². The van der Waals surface area contributed by atoms with Crippen LogP contribution in [0.2, 0.25) is 0 Å². The molecular weight excluding hydrogens is 296 g/mol. The number of carboxylic acids is 1. The number of rotatable bonds is 4. The van der Waals surface area contributed by atoms with Gasteiger partial charge in [-0.1, -0.05) is 0 Å². The maximum atomic E-state index is 12.6. The minimum absolute atomic E-state index is 0.0801. The number of ether oxygens (including phenoxy) is 1. The Balaban J connectivity index is 1.96. The first-order chi connectivity index (χ1) is 9.79. The smallest absolute Gasteiger partial charge is 0.303 e. The number of piperidine rings is 1. The summed E-state index contributed by atoms with van der Waals surface area (Å²) in [5.41, 5.74) is 0. The van der Waals surface area contributed by atoms with Gasteiger partial charge >= 0.3 is 5.97 Å². The van der Waals surface area contributed by atoms with Gasteiger partial charge < -0.3 is 9.84 Å². The molecule has 2 heterocycles. The Bertz CT molecular complexity index is 463. The molecule has 7 nitrogen and oxygen atoms in total. The Morgan fingerprint density at radius 3 is 2.14 bits per heavy atom. The van der Waals surface area contributed by atoms with E-state index in [-0.39, 0.29) is 24.5 Å². The molecule has 2 saturated heterocycles. The number of hydrogen-bond donors (Lipinski definition) is 1. The van der Waals surface area contributed by atoms with Crippen molar-refractivity contribution in [1.82, 2.24) is 8.61 Å². The van der Waals surface area contributed by atoms with E-state index >= 15 is 0 Å². The van der Waals surface area contributed by atoms with Crippen LogP contribution < -0.4 is 0 Å². The van der Waals surface area contributed by atoms with Crippen LogP contribution in [0.4, 0.5) is 0 Å². The molecule has 0 amide bonds. The van der Waals surface area contributed by atoms with E-state index in [9.17, 15) is 13.2 Å². The zero-order chi connectivity index (χ0) is 15.6. The molecule has 122 valence electrons. The summed E-state index contributed by atoms with van der Waals surface area (Å²) in [4.78, 5) is 10.7. The maximum absolute atomic E-state index is 12.6. The molecule has 0 spiro atoms. The van der Waals surface area contributed by atoms with Gasteiger partial charge in [0.2, 0.25) is 0 Å². The zero-order valence-electron chi connectivity index (χ0n) is 12.6. The molecule has 1 N–H and O–H groups in total. The Labute approximate surface area is 126 Å². The predicted octanol–water partition coefficient (Wildman–Crippen LogP) is 0.527. The highest BCUT2D eigenvalue weighted by Gasteiger charge is 2.37. The lowest BCUT2D eigenvalue weighted by Gasteiger charge is -2.39. The van der Waals surface area contributed by atoms with Crippen molar-refractivity contribution in [2.45, 2.75) is 45.3 Å². The van der Waals surface area contributed by atoms with Gasteiger partial charge in [0.15, 0.2) is 0 Å². The van der Waals surface area contributed by atoms with E-state index < -0.39 is 16.2 Å². The van der Waals surface area contributed by atoms with Crippen molar-refractivity contribution in [3.8, 4) is 0 Å². The third-order valence-electron chi connectivity index (χ3n) is 4.08. The van der Waals surface area contributed by atoms with Crippen molar-refractivity contribution in [1.29, 1.82) is 0 Å². The first-order valence-corrected chi connectivity index (χ1v) is 8.81. The van der Waals surface area contributed by atoms with Crippen LogP contribution in [-0.2, 0) is 19.7 Å². The fourth-order valence-electron chi connectivity index (χ4n) is 3.07. The maximum Gasteiger partial charge on any atom is 0.303 e. The largest absolute Gasteiger partial charge is 0.481 e. The van der Waals surface area contributed by atoms with Crippen LogP contribution in [0.15, 0.2) is 0 Å². The summed E-state index contributed by atoms with van der Waals surface area (Å²) in [5, 5.41) is 8.80. The van der Waals surface area contributed by atoms with E-state index in [1.165, 1.54) is 8.61 Å². The molecule has 0 aliphatic carbocycles. The monoisotopic (exact) mass is 320 g/mol.